The van der Waals surface area contributed by atoms with Crippen molar-refractivity contribution in [2.75, 3.05) is 0 Å². The van der Waals surface area contributed by atoms with E-state index in [-0.39, 0.29) is 12.1 Å². The summed E-state index contributed by atoms with van der Waals surface area (Å²) in [5.74, 6) is -0.844. The van der Waals surface area contributed by atoms with E-state index in [9.17, 15) is 8.78 Å². The Morgan fingerprint density at radius 3 is 2.25 bits per heavy atom. The van der Waals surface area contributed by atoms with Crippen molar-refractivity contribution < 1.29 is 8.78 Å². The minimum absolute atomic E-state index is 0.00457. The first-order valence-electron chi connectivity index (χ1n) is 6.44. The highest BCUT2D eigenvalue weighted by molar-refractivity contribution is 6.30. The van der Waals surface area contributed by atoms with Gasteiger partial charge in [-0.3, -0.25) is 0 Å². The molecule has 2 rings (SSSR count). The summed E-state index contributed by atoms with van der Waals surface area (Å²) in [5.41, 5.74) is 1.36. The first kappa shape index (κ1) is 14.9. The standard InChI is InChI=1S/C16H16ClF2N/c1-10(12-3-5-13(17)6-4-12)20-11(2)15-9-14(18)7-8-16(15)19/h3-11,20H,1-2H3/t10-,11?/m1/s1. The molecule has 0 aliphatic heterocycles. The summed E-state index contributed by atoms with van der Waals surface area (Å²) in [5, 5.41) is 3.92. The van der Waals surface area contributed by atoms with Crippen LogP contribution in [-0.2, 0) is 0 Å². The summed E-state index contributed by atoms with van der Waals surface area (Å²) in [6, 6.07) is 10.6. The van der Waals surface area contributed by atoms with Crippen molar-refractivity contribution in [1.82, 2.24) is 5.32 Å². The van der Waals surface area contributed by atoms with Crippen molar-refractivity contribution in [3.8, 4) is 0 Å². The lowest BCUT2D eigenvalue weighted by Gasteiger charge is -2.21. The lowest BCUT2D eigenvalue weighted by molar-refractivity contribution is 0.470. The third-order valence-corrected chi connectivity index (χ3v) is 3.55. The van der Waals surface area contributed by atoms with Crippen molar-refractivity contribution >= 4 is 11.6 Å². The van der Waals surface area contributed by atoms with Gasteiger partial charge in [0.1, 0.15) is 11.6 Å². The second-order valence-corrected chi connectivity index (χ2v) is 5.26. The van der Waals surface area contributed by atoms with Crippen LogP contribution in [0.1, 0.15) is 37.1 Å². The zero-order valence-corrected chi connectivity index (χ0v) is 12.1. The van der Waals surface area contributed by atoms with E-state index >= 15 is 0 Å². The second-order valence-electron chi connectivity index (χ2n) is 4.83. The van der Waals surface area contributed by atoms with Gasteiger partial charge in [0, 0.05) is 22.7 Å². The van der Waals surface area contributed by atoms with Crippen molar-refractivity contribution in [2.24, 2.45) is 0 Å². The summed E-state index contributed by atoms with van der Waals surface area (Å²) in [6.07, 6.45) is 0. The Morgan fingerprint density at radius 1 is 0.950 bits per heavy atom. The number of halogens is 3. The van der Waals surface area contributed by atoms with Gasteiger partial charge in [-0.15, -0.1) is 0 Å². The van der Waals surface area contributed by atoms with Crippen LogP contribution in [-0.4, -0.2) is 0 Å². The summed E-state index contributed by atoms with van der Waals surface area (Å²) < 4.78 is 26.9. The number of benzene rings is 2. The molecule has 0 aromatic heterocycles. The molecule has 0 amide bonds. The van der Waals surface area contributed by atoms with Crippen LogP contribution in [0, 0.1) is 11.6 Å². The Balaban J connectivity index is 2.12. The lowest BCUT2D eigenvalue weighted by atomic mass is 10.0. The molecular formula is C16H16ClF2N. The fourth-order valence-electron chi connectivity index (χ4n) is 2.16. The molecule has 1 nitrogen and oxygen atoms in total. The minimum Gasteiger partial charge on any atom is -0.304 e. The molecule has 1 N–H and O–H groups in total. The molecule has 2 aromatic rings. The normalized spacial score (nSPS) is 14.1. The maximum Gasteiger partial charge on any atom is 0.128 e. The molecule has 0 spiro atoms. The van der Waals surface area contributed by atoms with E-state index < -0.39 is 11.6 Å². The second kappa shape index (κ2) is 6.33. The molecule has 4 heteroatoms. The third kappa shape index (κ3) is 3.56. The molecule has 2 aromatic carbocycles. The molecule has 0 bridgehead atoms. The van der Waals surface area contributed by atoms with Crippen molar-refractivity contribution in [3.05, 3.63) is 70.2 Å². The van der Waals surface area contributed by atoms with Crippen molar-refractivity contribution in [3.63, 3.8) is 0 Å². The quantitative estimate of drug-likeness (QED) is 0.834. The van der Waals surface area contributed by atoms with Gasteiger partial charge >= 0.3 is 0 Å². The van der Waals surface area contributed by atoms with Gasteiger partial charge in [-0.1, -0.05) is 23.7 Å². The van der Waals surface area contributed by atoms with Crippen molar-refractivity contribution in [2.45, 2.75) is 25.9 Å². The van der Waals surface area contributed by atoms with Crippen LogP contribution in [0.2, 0.25) is 5.02 Å². The van der Waals surface area contributed by atoms with Crippen LogP contribution in [0.3, 0.4) is 0 Å². The van der Waals surface area contributed by atoms with Gasteiger partial charge in [0.05, 0.1) is 0 Å². The maximum atomic E-state index is 13.7. The Hall–Kier alpha value is -1.45. The summed E-state index contributed by atoms with van der Waals surface area (Å²) >= 11 is 5.84. The van der Waals surface area contributed by atoms with Crippen LogP contribution >= 0.6 is 11.6 Å². The Bertz CT molecular complexity index is 584. The highest BCUT2D eigenvalue weighted by Gasteiger charge is 2.15. The van der Waals surface area contributed by atoms with E-state index in [0.717, 1.165) is 17.7 Å². The SMILES string of the molecule is CC(N[C@H](C)c1ccc(Cl)cc1)c1cc(F)ccc1F. The third-order valence-electron chi connectivity index (χ3n) is 3.29. The fourth-order valence-corrected chi connectivity index (χ4v) is 2.28. The Morgan fingerprint density at radius 2 is 1.60 bits per heavy atom. The van der Waals surface area contributed by atoms with Gasteiger partial charge in [-0.2, -0.15) is 0 Å². The zero-order chi connectivity index (χ0) is 14.7. The molecular weight excluding hydrogens is 280 g/mol. The molecule has 0 saturated carbocycles. The van der Waals surface area contributed by atoms with E-state index in [1.54, 1.807) is 0 Å². The zero-order valence-electron chi connectivity index (χ0n) is 11.3. The average Bonchev–Trinajstić information content (AvgIpc) is 2.42. The van der Waals surface area contributed by atoms with Gasteiger partial charge in [-0.05, 0) is 49.7 Å². The van der Waals surface area contributed by atoms with Crippen LogP contribution in [0.25, 0.3) is 0 Å². The number of nitrogens with one attached hydrogen (secondary N) is 1. The molecule has 0 saturated heterocycles. The van der Waals surface area contributed by atoms with E-state index in [1.165, 1.54) is 6.07 Å². The molecule has 0 radical (unpaired) electrons. The molecule has 1 unspecified atom stereocenters. The van der Waals surface area contributed by atoms with Gasteiger partial charge in [0.15, 0.2) is 0 Å². The maximum absolute atomic E-state index is 13.7. The van der Waals surface area contributed by atoms with Crippen LogP contribution in [0.5, 0.6) is 0 Å². The first-order valence-corrected chi connectivity index (χ1v) is 6.81. The van der Waals surface area contributed by atoms with Crippen LogP contribution < -0.4 is 5.32 Å². The predicted molar refractivity (Wildman–Crippen MR) is 77.8 cm³/mol. The highest BCUT2D eigenvalue weighted by atomic mass is 35.5. The van der Waals surface area contributed by atoms with E-state index in [0.29, 0.717) is 10.6 Å². The van der Waals surface area contributed by atoms with Gasteiger partial charge in [-0.25, -0.2) is 8.78 Å². The molecule has 20 heavy (non-hydrogen) atoms. The highest BCUT2D eigenvalue weighted by Crippen LogP contribution is 2.23. The smallest absolute Gasteiger partial charge is 0.128 e. The van der Waals surface area contributed by atoms with Crippen LogP contribution in [0.15, 0.2) is 42.5 Å². The fraction of sp³-hybridized carbons (Fsp3) is 0.250. The van der Waals surface area contributed by atoms with Gasteiger partial charge < -0.3 is 5.32 Å². The first-order chi connectivity index (χ1) is 9.47. The predicted octanol–water partition coefficient (Wildman–Crippen LogP) is 5.03. The Kier molecular flexibility index (Phi) is 4.73. The topological polar surface area (TPSA) is 12.0 Å². The van der Waals surface area contributed by atoms with E-state index in [4.69, 9.17) is 11.6 Å². The minimum atomic E-state index is -0.436. The molecule has 0 fully saturated rings. The number of rotatable bonds is 4. The summed E-state index contributed by atoms with van der Waals surface area (Å²) in [6.45, 7) is 3.78. The van der Waals surface area contributed by atoms with Gasteiger partial charge in [0.2, 0.25) is 0 Å². The molecule has 0 aliphatic carbocycles. The lowest BCUT2D eigenvalue weighted by Crippen LogP contribution is -2.23. The van der Waals surface area contributed by atoms with Crippen LogP contribution in [0.4, 0.5) is 8.78 Å². The number of hydrogen-bond donors (Lipinski definition) is 1. The Labute approximate surface area is 122 Å². The largest absolute Gasteiger partial charge is 0.304 e. The van der Waals surface area contributed by atoms with E-state index in [1.807, 2.05) is 38.1 Å². The van der Waals surface area contributed by atoms with E-state index in [2.05, 4.69) is 5.32 Å². The summed E-state index contributed by atoms with van der Waals surface area (Å²) in [4.78, 5) is 0. The average molecular weight is 296 g/mol. The van der Waals surface area contributed by atoms with Crippen molar-refractivity contribution in [1.29, 1.82) is 0 Å². The number of hydrogen-bond acceptors (Lipinski definition) is 1. The molecule has 0 heterocycles. The molecule has 2 atom stereocenters. The van der Waals surface area contributed by atoms with Gasteiger partial charge in [0.25, 0.3) is 0 Å². The molecule has 106 valence electrons. The summed E-state index contributed by atoms with van der Waals surface area (Å²) in [7, 11) is 0. The monoisotopic (exact) mass is 295 g/mol. The molecule has 0 aliphatic rings.